The van der Waals surface area contributed by atoms with Crippen LogP contribution < -0.4 is 11.3 Å². The molecule has 1 atom stereocenters. The van der Waals surface area contributed by atoms with Crippen LogP contribution in [0.25, 0.3) is 0 Å². The highest BCUT2D eigenvalue weighted by Gasteiger charge is 2.48. The Kier molecular flexibility index (Phi) is 4.97. The van der Waals surface area contributed by atoms with Gasteiger partial charge in [-0.2, -0.15) is 0 Å². The van der Waals surface area contributed by atoms with Gasteiger partial charge in [-0.15, -0.1) is 0 Å². The van der Waals surface area contributed by atoms with E-state index < -0.39 is 0 Å². The molecule has 0 aromatic rings. The lowest BCUT2D eigenvalue weighted by atomic mass is 9.75. The van der Waals surface area contributed by atoms with Crippen LogP contribution in [0.1, 0.15) is 57.8 Å². The van der Waals surface area contributed by atoms with E-state index in [9.17, 15) is 0 Å². The lowest BCUT2D eigenvalue weighted by Gasteiger charge is -2.51. The van der Waals surface area contributed by atoms with Crippen LogP contribution in [0.3, 0.4) is 0 Å². The number of hydrazine groups is 1. The van der Waals surface area contributed by atoms with Gasteiger partial charge in [-0.25, -0.2) is 0 Å². The van der Waals surface area contributed by atoms with Crippen LogP contribution in [0.5, 0.6) is 0 Å². The molecule has 2 aliphatic heterocycles. The minimum Gasteiger partial charge on any atom is -0.381 e. The van der Waals surface area contributed by atoms with Gasteiger partial charge in [-0.1, -0.05) is 19.3 Å². The number of piperidine rings is 1. The van der Waals surface area contributed by atoms with Gasteiger partial charge in [0.05, 0.1) is 0 Å². The van der Waals surface area contributed by atoms with Crippen LogP contribution >= 0.6 is 0 Å². The molecule has 3 aliphatic rings. The first-order valence-corrected chi connectivity index (χ1v) is 8.66. The SMILES string of the molecule is NNC(C1CCOCC1)C1(N2CCCCC2)CCCC1. The molecule has 116 valence electrons. The van der Waals surface area contributed by atoms with E-state index in [0.29, 0.717) is 17.5 Å². The summed E-state index contributed by atoms with van der Waals surface area (Å²) in [5.41, 5.74) is 3.59. The summed E-state index contributed by atoms with van der Waals surface area (Å²) in [6, 6.07) is 0.451. The van der Waals surface area contributed by atoms with E-state index >= 15 is 0 Å². The van der Waals surface area contributed by atoms with E-state index in [1.54, 1.807) is 0 Å². The molecular weight excluding hydrogens is 250 g/mol. The van der Waals surface area contributed by atoms with Gasteiger partial charge >= 0.3 is 0 Å². The van der Waals surface area contributed by atoms with Crippen molar-refractivity contribution in [2.75, 3.05) is 26.3 Å². The zero-order chi connectivity index (χ0) is 13.8. The van der Waals surface area contributed by atoms with Gasteiger partial charge < -0.3 is 4.74 Å². The second kappa shape index (κ2) is 6.73. The van der Waals surface area contributed by atoms with Gasteiger partial charge in [-0.3, -0.25) is 16.2 Å². The van der Waals surface area contributed by atoms with Gasteiger partial charge in [0.2, 0.25) is 0 Å². The fourth-order valence-electron chi connectivity index (χ4n) is 4.93. The maximum Gasteiger partial charge on any atom is 0.0469 e. The molecule has 1 aliphatic carbocycles. The number of hydrogen-bond donors (Lipinski definition) is 2. The molecule has 3 fully saturated rings. The number of hydrogen-bond acceptors (Lipinski definition) is 4. The molecule has 4 nitrogen and oxygen atoms in total. The van der Waals surface area contributed by atoms with Crippen molar-refractivity contribution in [3.63, 3.8) is 0 Å². The summed E-state index contributed by atoms with van der Waals surface area (Å²) >= 11 is 0. The Morgan fingerprint density at radius 1 is 1.00 bits per heavy atom. The predicted octanol–water partition coefficient (Wildman–Crippen LogP) is 2.04. The molecule has 0 aromatic heterocycles. The Balaban J connectivity index is 1.79. The van der Waals surface area contributed by atoms with Crippen molar-refractivity contribution in [2.45, 2.75) is 69.4 Å². The second-order valence-corrected chi connectivity index (χ2v) is 6.95. The highest BCUT2D eigenvalue weighted by atomic mass is 16.5. The van der Waals surface area contributed by atoms with E-state index in [-0.39, 0.29) is 0 Å². The Hall–Kier alpha value is -0.160. The Bertz CT molecular complexity index is 292. The first-order chi connectivity index (χ1) is 9.87. The fraction of sp³-hybridized carbons (Fsp3) is 1.00. The molecule has 0 amide bonds. The van der Waals surface area contributed by atoms with Crippen LogP contribution in [0, 0.1) is 5.92 Å². The molecule has 2 heterocycles. The monoisotopic (exact) mass is 281 g/mol. The van der Waals surface area contributed by atoms with E-state index in [1.165, 1.54) is 70.9 Å². The smallest absolute Gasteiger partial charge is 0.0469 e. The van der Waals surface area contributed by atoms with Crippen molar-refractivity contribution >= 4 is 0 Å². The zero-order valence-corrected chi connectivity index (χ0v) is 12.8. The predicted molar refractivity (Wildman–Crippen MR) is 81.3 cm³/mol. The lowest BCUT2D eigenvalue weighted by Crippen LogP contribution is -2.65. The molecule has 0 radical (unpaired) electrons. The second-order valence-electron chi connectivity index (χ2n) is 6.95. The molecule has 1 unspecified atom stereocenters. The zero-order valence-electron chi connectivity index (χ0n) is 12.8. The van der Waals surface area contributed by atoms with Gasteiger partial charge in [0, 0.05) is 24.8 Å². The average molecular weight is 281 g/mol. The minimum absolute atomic E-state index is 0.331. The van der Waals surface area contributed by atoms with Gasteiger partial charge in [-0.05, 0) is 57.5 Å². The van der Waals surface area contributed by atoms with Crippen molar-refractivity contribution in [2.24, 2.45) is 11.8 Å². The standard InChI is InChI=1S/C16H31N3O/c17-18-15(14-6-12-20-13-7-14)16(8-2-3-9-16)19-10-4-1-5-11-19/h14-15,18H,1-13,17H2. The number of nitrogens with zero attached hydrogens (tertiary/aromatic N) is 1. The first kappa shape index (κ1) is 14.8. The van der Waals surface area contributed by atoms with Gasteiger partial charge in [0.25, 0.3) is 0 Å². The summed E-state index contributed by atoms with van der Waals surface area (Å²) in [5, 5.41) is 0. The summed E-state index contributed by atoms with van der Waals surface area (Å²) < 4.78 is 5.55. The molecule has 4 heteroatoms. The van der Waals surface area contributed by atoms with E-state index in [4.69, 9.17) is 10.6 Å². The summed E-state index contributed by atoms with van der Waals surface area (Å²) in [7, 11) is 0. The topological polar surface area (TPSA) is 50.5 Å². The maximum absolute atomic E-state index is 6.06. The van der Waals surface area contributed by atoms with Crippen molar-refractivity contribution < 1.29 is 4.74 Å². The van der Waals surface area contributed by atoms with E-state index in [2.05, 4.69) is 10.3 Å². The quantitative estimate of drug-likeness (QED) is 0.611. The molecule has 3 N–H and O–H groups in total. The number of nitrogens with two attached hydrogens (primary N) is 1. The third-order valence-corrected chi connectivity index (χ3v) is 5.95. The van der Waals surface area contributed by atoms with Gasteiger partial charge in [0.15, 0.2) is 0 Å². The van der Waals surface area contributed by atoms with E-state index in [0.717, 1.165) is 13.2 Å². The van der Waals surface area contributed by atoms with Crippen molar-refractivity contribution in [3.8, 4) is 0 Å². The van der Waals surface area contributed by atoms with Gasteiger partial charge in [0.1, 0.15) is 0 Å². The largest absolute Gasteiger partial charge is 0.381 e. The van der Waals surface area contributed by atoms with Crippen molar-refractivity contribution in [1.82, 2.24) is 10.3 Å². The molecule has 0 aromatic carbocycles. The number of likely N-dealkylation sites (tertiary alicyclic amines) is 1. The number of rotatable bonds is 4. The van der Waals surface area contributed by atoms with Crippen molar-refractivity contribution in [3.05, 3.63) is 0 Å². The highest BCUT2D eigenvalue weighted by molar-refractivity contribution is 5.06. The Labute approximate surface area is 123 Å². The molecule has 2 saturated heterocycles. The van der Waals surface area contributed by atoms with Crippen LogP contribution in [0.15, 0.2) is 0 Å². The summed E-state index contributed by atoms with van der Waals surface area (Å²) in [6.45, 7) is 4.39. The number of nitrogens with one attached hydrogen (secondary N) is 1. The lowest BCUT2D eigenvalue weighted by molar-refractivity contribution is -0.0156. The maximum atomic E-state index is 6.06. The Morgan fingerprint density at radius 2 is 1.65 bits per heavy atom. The summed E-state index contributed by atoms with van der Waals surface area (Å²) in [4.78, 5) is 2.80. The van der Waals surface area contributed by atoms with Crippen LogP contribution in [0.2, 0.25) is 0 Å². The van der Waals surface area contributed by atoms with Crippen LogP contribution in [0.4, 0.5) is 0 Å². The third kappa shape index (κ3) is 2.76. The highest BCUT2D eigenvalue weighted by Crippen LogP contribution is 2.43. The fourth-order valence-corrected chi connectivity index (χ4v) is 4.93. The van der Waals surface area contributed by atoms with E-state index in [1.807, 2.05) is 0 Å². The van der Waals surface area contributed by atoms with Crippen LogP contribution in [-0.2, 0) is 4.74 Å². The minimum atomic E-state index is 0.331. The summed E-state index contributed by atoms with van der Waals surface area (Å²) in [6.07, 6.45) is 11.9. The molecule has 1 saturated carbocycles. The molecule has 3 rings (SSSR count). The third-order valence-electron chi connectivity index (χ3n) is 5.95. The molecule has 0 spiro atoms. The first-order valence-electron chi connectivity index (χ1n) is 8.66. The van der Waals surface area contributed by atoms with Crippen molar-refractivity contribution in [1.29, 1.82) is 0 Å². The van der Waals surface area contributed by atoms with Crippen LogP contribution in [-0.4, -0.2) is 42.8 Å². The summed E-state index contributed by atoms with van der Waals surface area (Å²) in [5.74, 6) is 6.75. The normalized spacial score (nSPS) is 30.4. The average Bonchev–Trinajstić information content (AvgIpc) is 3.01. The molecule has 0 bridgehead atoms. The Morgan fingerprint density at radius 3 is 2.25 bits per heavy atom. The molecular formula is C16H31N3O. The molecule has 20 heavy (non-hydrogen) atoms. The number of ether oxygens (including phenoxy) is 1.